The summed E-state index contributed by atoms with van der Waals surface area (Å²) in [6, 6.07) is 21.8. The number of nitriles is 1. The van der Waals surface area contributed by atoms with E-state index in [1.54, 1.807) is 11.3 Å². The molecular formula is C20H12N2OS. The number of nitrogens with zero attached hydrogens (tertiary/aromatic N) is 1. The van der Waals surface area contributed by atoms with Crippen molar-refractivity contribution in [2.45, 2.75) is 0 Å². The molecule has 2 aromatic heterocycles. The maximum absolute atomic E-state index is 12.4. The first kappa shape index (κ1) is 14.4. The number of hydrogen-bond acceptors (Lipinski definition) is 3. The molecule has 4 aromatic rings. The van der Waals surface area contributed by atoms with Gasteiger partial charge in [0, 0.05) is 5.56 Å². The van der Waals surface area contributed by atoms with Crippen LogP contribution in [-0.4, -0.2) is 4.98 Å². The van der Waals surface area contributed by atoms with Crippen LogP contribution in [0.3, 0.4) is 0 Å². The molecule has 0 atom stereocenters. The number of benzene rings is 2. The SMILES string of the molecule is N#Cc1c(-c2cccc3ccccc23)cc(-c2cccs2)[nH]c1=O. The average molecular weight is 328 g/mol. The minimum absolute atomic E-state index is 0.145. The van der Waals surface area contributed by atoms with Crippen LogP contribution < -0.4 is 5.56 Å². The summed E-state index contributed by atoms with van der Waals surface area (Å²) in [6.07, 6.45) is 0. The molecule has 2 heterocycles. The van der Waals surface area contributed by atoms with Gasteiger partial charge >= 0.3 is 0 Å². The largest absolute Gasteiger partial charge is 0.320 e. The molecule has 4 rings (SSSR count). The van der Waals surface area contributed by atoms with Crippen LogP contribution in [0.1, 0.15) is 5.56 Å². The van der Waals surface area contributed by atoms with Gasteiger partial charge in [0.05, 0.1) is 10.6 Å². The molecule has 0 saturated carbocycles. The Balaban J connectivity index is 2.07. The fourth-order valence-corrected chi connectivity index (χ4v) is 3.61. The zero-order chi connectivity index (χ0) is 16.5. The molecule has 0 aliphatic rings. The Labute approximate surface area is 142 Å². The minimum atomic E-state index is -0.355. The fourth-order valence-electron chi connectivity index (χ4n) is 2.91. The van der Waals surface area contributed by atoms with Gasteiger partial charge in [0.25, 0.3) is 5.56 Å². The smallest absolute Gasteiger partial charge is 0.266 e. The van der Waals surface area contributed by atoms with Crippen molar-refractivity contribution >= 4 is 22.1 Å². The summed E-state index contributed by atoms with van der Waals surface area (Å²) in [5, 5.41) is 13.6. The topological polar surface area (TPSA) is 56.6 Å². The van der Waals surface area contributed by atoms with Gasteiger partial charge in [0.1, 0.15) is 11.6 Å². The standard InChI is InChI=1S/C20H12N2OS/c21-12-17-16(11-18(22-20(17)23)19-9-4-10-24-19)15-8-3-6-13-5-1-2-7-14(13)15/h1-11H,(H,22,23). The normalized spacial score (nSPS) is 10.6. The Kier molecular flexibility index (Phi) is 3.49. The molecule has 2 aromatic carbocycles. The third kappa shape index (κ3) is 2.32. The summed E-state index contributed by atoms with van der Waals surface area (Å²) in [5.41, 5.74) is 2.09. The van der Waals surface area contributed by atoms with Crippen LogP contribution in [0.2, 0.25) is 0 Å². The zero-order valence-electron chi connectivity index (χ0n) is 12.6. The molecule has 0 aliphatic heterocycles. The van der Waals surface area contributed by atoms with Crippen molar-refractivity contribution in [2.24, 2.45) is 0 Å². The molecule has 4 heteroatoms. The van der Waals surface area contributed by atoms with Crippen LogP contribution in [-0.2, 0) is 0 Å². The molecule has 3 nitrogen and oxygen atoms in total. The number of rotatable bonds is 2. The van der Waals surface area contributed by atoms with Gasteiger partial charge in [-0.15, -0.1) is 11.3 Å². The van der Waals surface area contributed by atoms with Crippen LogP contribution in [0.25, 0.3) is 32.5 Å². The van der Waals surface area contributed by atoms with Crippen molar-refractivity contribution < 1.29 is 0 Å². The molecule has 0 amide bonds. The van der Waals surface area contributed by atoms with Crippen molar-refractivity contribution in [3.8, 4) is 27.8 Å². The molecular weight excluding hydrogens is 316 g/mol. The summed E-state index contributed by atoms with van der Waals surface area (Å²) in [4.78, 5) is 16.2. The van der Waals surface area contributed by atoms with E-state index in [0.29, 0.717) is 5.56 Å². The van der Waals surface area contributed by atoms with Crippen LogP contribution in [0.4, 0.5) is 0 Å². The Hall–Kier alpha value is -3.16. The van der Waals surface area contributed by atoms with E-state index in [4.69, 9.17) is 0 Å². The maximum Gasteiger partial charge on any atom is 0.266 e. The maximum atomic E-state index is 12.4. The van der Waals surface area contributed by atoms with Gasteiger partial charge in [-0.2, -0.15) is 5.26 Å². The van der Waals surface area contributed by atoms with E-state index >= 15 is 0 Å². The highest BCUT2D eigenvalue weighted by Crippen LogP contribution is 2.32. The molecule has 24 heavy (non-hydrogen) atoms. The summed E-state index contributed by atoms with van der Waals surface area (Å²) in [5.74, 6) is 0. The van der Waals surface area contributed by atoms with Crippen molar-refractivity contribution in [3.63, 3.8) is 0 Å². The van der Waals surface area contributed by atoms with Crippen LogP contribution in [0, 0.1) is 11.3 Å². The fraction of sp³-hybridized carbons (Fsp3) is 0. The number of hydrogen-bond donors (Lipinski definition) is 1. The Morgan fingerprint density at radius 3 is 2.58 bits per heavy atom. The lowest BCUT2D eigenvalue weighted by atomic mass is 9.95. The van der Waals surface area contributed by atoms with Gasteiger partial charge in [0.15, 0.2) is 0 Å². The summed E-state index contributed by atoms with van der Waals surface area (Å²) in [6.45, 7) is 0. The van der Waals surface area contributed by atoms with E-state index in [-0.39, 0.29) is 11.1 Å². The number of H-pyrrole nitrogens is 1. The molecule has 0 fully saturated rings. The van der Waals surface area contributed by atoms with Crippen molar-refractivity contribution in [3.05, 3.63) is 82.0 Å². The van der Waals surface area contributed by atoms with Crippen LogP contribution in [0.15, 0.2) is 70.8 Å². The lowest BCUT2D eigenvalue weighted by Crippen LogP contribution is -2.12. The average Bonchev–Trinajstić information content (AvgIpc) is 3.15. The van der Waals surface area contributed by atoms with Gasteiger partial charge in [-0.25, -0.2) is 0 Å². The highest BCUT2D eigenvalue weighted by Gasteiger charge is 2.14. The monoisotopic (exact) mass is 328 g/mol. The van der Waals surface area contributed by atoms with Gasteiger partial charge in [0.2, 0.25) is 0 Å². The van der Waals surface area contributed by atoms with E-state index in [2.05, 4.69) is 11.1 Å². The lowest BCUT2D eigenvalue weighted by molar-refractivity contribution is 1.23. The second kappa shape index (κ2) is 5.80. The van der Waals surface area contributed by atoms with Crippen LogP contribution >= 0.6 is 11.3 Å². The highest BCUT2D eigenvalue weighted by molar-refractivity contribution is 7.13. The zero-order valence-corrected chi connectivity index (χ0v) is 13.4. The summed E-state index contributed by atoms with van der Waals surface area (Å²) < 4.78 is 0. The number of nitrogens with one attached hydrogen (secondary N) is 1. The molecule has 0 spiro atoms. The van der Waals surface area contributed by atoms with Crippen molar-refractivity contribution in [1.82, 2.24) is 4.98 Å². The van der Waals surface area contributed by atoms with E-state index < -0.39 is 0 Å². The minimum Gasteiger partial charge on any atom is -0.320 e. The Bertz CT molecular complexity index is 1130. The molecule has 0 saturated heterocycles. The summed E-state index contributed by atoms with van der Waals surface area (Å²) in [7, 11) is 0. The van der Waals surface area contributed by atoms with Crippen molar-refractivity contribution in [2.75, 3.05) is 0 Å². The second-order valence-corrected chi connectivity index (χ2v) is 6.36. The quantitative estimate of drug-likeness (QED) is 0.575. The third-order valence-electron chi connectivity index (χ3n) is 4.01. The van der Waals surface area contributed by atoms with E-state index in [1.807, 2.05) is 66.0 Å². The molecule has 0 aliphatic carbocycles. The van der Waals surface area contributed by atoms with Gasteiger partial charge in [-0.05, 0) is 33.8 Å². The second-order valence-electron chi connectivity index (χ2n) is 5.42. The lowest BCUT2D eigenvalue weighted by Gasteiger charge is -2.10. The van der Waals surface area contributed by atoms with E-state index in [9.17, 15) is 10.1 Å². The molecule has 114 valence electrons. The van der Waals surface area contributed by atoms with Gasteiger partial charge < -0.3 is 4.98 Å². The Morgan fingerprint density at radius 1 is 0.958 bits per heavy atom. The van der Waals surface area contributed by atoms with Crippen molar-refractivity contribution in [1.29, 1.82) is 5.26 Å². The first-order valence-electron chi connectivity index (χ1n) is 7.47. The molecule has 1 N–H and O–H groups in total. The molecule has 0 bridgehead atoms. The first-order chi connectivity index (χ1) is 11.8. The first-order valence-corrected chi connectivity index (χ1v) is 8.35. The van der Waals surface area contributed by atoms with Gasteiger partial charge in [-0.3, -0.25) is 4.79 Å². The molecule has 0 radical (unpaired) electrons. The highest BCUT2D eigenvalue weighted by atomic mass is 32.1. The number of aromatic nitrogens is 1. The predicted molar refractivity (Wildman–Crippen MR) is 98.0 cm³/mol. The number of fused-ring (bicyclic) bond motifs is 1. The number of aromatic amines is 1. The summed E-state index contributed by atoms with van der Waals surface area (Å²) >= 11 is 1.55. The number of pyridine rings is 1. The Morgan fingerprint density at radius 2 is 1.79 bits per heavy atom. The van der Waals surface area contributed by atoms with Gasteiger partial charge in [-0.1, -0.05) is 48.5 Å². The predicted octanol–water partition coefficient (Wildman–Crippen LogP) is 4.80. The van der Waals surface area contributed by atoms with E-state index in [1.165, 1.54) is 0 Å². The van der Waals surface area contributed by atoms with Crippen LogP contribution in [0.5, 0.6) is 0 Å². The number of thiophene rings is 1. The van der Waals surface area contributed by atoms with E-state index in [0.717, 1.165) is 26.9 Å². The third-order valence-corrected chi connectivity index (χ3v) is 4.91. The molecule has 0 unspecified atom stereocenters.